The van der Waals surface area contributed by atoms with Crippen LogP contribution >= 0.6 is 12.4 Å². The minimum atomic E-state index is -0.156. The van der Waals surface area contributed by atoms with Crippen LogP contribution in [0.1, 0.15) is 39.0 Å². The highest BCUT2D eigenvalue weighted by molar-refractivity contribution is 5.85. The van der Waals surface area contributed by atoms with E-state index < -0.39 is 0 Å². The van der Waals surface area contributed by atoms with Gasteiger partial charge in [-0.05, 0) is 45.1 Å². The average molecular weight is 261 g/mol. The van der Waals surface area contributed by atoms with E-state index in [1.165, 1.54) is 19.3 Å². The van der Waals surface area contributed by atoms with E-state index >= 15 is 0 Å². The van der Waals surface area contributed by atoms with Crippen molar-refractivity contribution in [3.05, 3.63) is 0 Å². The molecular weight excluding hydrogens is 236 g/mol. The van der Waals surface area contributed by atoms with Crippen LogP contribution in [-0.4, -0.2) is 37.5 Å². The molecule has 2 fully saturated rings. The zero-order chi connectivity index (χ0) is 11.6. The Labute approximate surface area is 111 Å². The molecule has 1 amide bonds. The lowest BCUT2D eigenvalue weighted by molar-refractivity contribution is -0.141. The molecule has 1 atom stereocenters. The molecule has 1 aliphatic heterocycles. The lowest BCUT2D eigenvalue weighted by atomic mass is 9.80. The van der Waals surface area contributed by atoms with Gasteiger partial charge in [0.1, 0.15) is 0 Å². The van der Waals surface area contributed by atoms with E-state index in [9.17, 15) is 4.79 Å². The zero-order valence-corrected chi connectivity index (χ0v) is 11.8. The molecule has 3 nitrogen and oxygen atoms in total. The van der Waals surface area contributed by atoms with Gasteiger partial charge < -0.3 is 10.2 Å². The van der Waals surface area contributed by atoms with E-state index in [1.807, 2.05) is 11.9 Å². The Kier molecular flexibility index (Phi) is 5.26. The van der Waals surface area contributed by atoms with E-state index in [0.717, 1.165) is 38.4 Å². The van der Waals surface area contributed by atoms with Crippen LogP contribution < -0.4 is 5.32 Å². The third-order valence-electron chi connectivity index (χ3n) is 4.22. The van der Waals surface area contributed by atoms with E-state index in [-0.39, 0.29) is 17.8 Å². The number of nitrogens with one attached hydrogen (secondary N) is 1. The van der Waals surface area contributed by atoms with Gasteiger partial charge >= 0.3 is 0 Å². The van der Waals surface area contributed by atoms with Crippen LogP contribution in [0, 0.1) is 11.3 Å². The summed E-state index contributed by atoms with van der Waals surface area (Å²) in [5.41, 5.74) is -0.156. The van der Waals surface area contributed by atoms with Gasteiger partial charge in [0.2, 0.25) is 5.91 Å². The Morgan fingerprint density at radius 2 is 2.12 bits per heavy atom. The average Bonchev–Trinajstić information content (AvgIpc) is 2.23. The maximum Gasteiger partial charge on any atom is 0.229 e. The monoisotopic (exact) mass is 260 g/mol. The highest BCUT2D eigenvalue weighted by atomic mass is 35.5. The summed E-state index contributed by atoms with van der Waals surface area (Å²) in [6.07, 6.45) is 6.14. The summed E-state index contributed by atoms with van der Waals surface area (Å²) in [6.45, 7) is 4.99. The molecule has 2 rings (SSSR count). The molecule has 1 saturated heterocycles. The number of rotatable bonds is 3. The van der Waals surface area contributed by atoms with E-state index in [0.29, 0.717) is 5.91 Å². The number of halogens is 1. The first kappa shape index (κ1) is 14.8. The molecule has 4 heteroatoms. The Bertz CT molecular complexity index is 260. The molecular formula is C13H25ClN2O. The van der Waals surface area contributed by atoms with Gasteiger partial charge in [-0.2, -0.15) is 0 Å². The van der Waals surface area contributed by atoms with Crippen LogP contribution in [0.25, 0.3) is 0 Å². The Balaban J connectivity index is 0.00000144. The molecule has 1 aliphatic carbocycles. The second kappa shape index (κ2) is 6.05. The van der Waals surface area contributed by atoms with Crippen LogP contribution in [0.5, 0.6) is 0 Å². The minimum absolute atomic E-state index is 0. The predicted molar refractivity (Wildman–Crippen MR) is 72.4 cm³/mol. The highest BCUT2D eigenvalue weighted by Crippen LogP contribution is 2.31. The van der Waals surface area contributed by atoms with Crippen molar-refractivity contribution in [1.29, 1.82) is 0 Å². The number of nitrogens with zero attached hydrogens (tertiary/aromatic N) is 1. The highest BCUT2D eigenvalue weighted by Gasteiger charge is 2.37. The van der Waals surface area contributed by atoms with Crippen molar-refractivity contribution in [3.63, 3.8) is 0 Å². The predicted octanol–water partition coefficient (Wildman–Crippen LogP) is 2.06. The first-order valence-electron chi connectivity index (χ1n) is 6.58. The quantitative estimate of drug-likeness (QED) is 0.843. The molecule has 0 spiro atoms. The molecule has 0 aromatic heterocycles. The maximum atomic E-state index is 12.4. The summed E-state index contributed by atoms with van der Waals surface area (Å²) >= 11 is 0. The Morgan fingerprint density at radius 1 is 1.41 bits per heavy atom. The van der Waals surface area contributed by atoms with Crippen molar-refractivity contribution in [2.24, 2.45) is 11.3 Å². The summed E-state index contributed by atoms with van der Waals surface area (Å²) in [5, 5.41) is 3.34. The Hall–Kier alpha value is -0.280. The molecule has 1 N–H and O–H groups in total. The number of carbonyl (C=O) groups excluding carboxylic acids is 1. The van der Waals surface area contributed by atoms with E-state index in [1.54, 1.807) is 0 Å². The van der Waals surface area contributed by atoms with Gasteiger partial charge in [-0.25, -0.2) is 0 Å². The largest absolute Gasteiger partial charge is 0.345 e. The van der Waals surface area contributed by atoms with Gasteiger partial charge in [-0.15, -0.1) is 12.4 Å². The molecule has 100 valence electrons. The fraction of sp³-hybridized carbons (Fsp3) is 0.923. The molecule has 1 heterocycles. The molecule has 0 bridgehead atoms. The van der Waals surface area contributed by atoms with Crippen LogP contribution in [0.2, 0.25) is 0 Å². The van der Waals surface area contributed by atoms with Crippen LogP contribution in [0.4, 0.5) is 0 Å². The van der Waals surface area contributed by atoms with Crippen molar-refractivity contribution in [1.82, 2.24) is 10.2 Å². The lowest BCUT2D eigenvalue weighted by Crippen LogP contribution is -2.50. The van der Waals surface area contributed by atoms with Gasteiger partial charge in [-0.3, -0.25) is 4.79 Å². The van der Waals surface area contributed by atoms with Crippen molar-refractivity contribution in [2.45, 2.75) is 39.0 Å². The SMILES string of the molecule is CN(CC1CCC1)C(=O)C1(C)CCCNC1.Cl. The van der Waals surface area contributed by atoms with Crippen LogP contribution in [0.15, 0.2) is 0 Å². The lowest BCUT2D eigenvalue weighted by Gasteiger charge is -2.38. The van der Waals surface area contributed by atoms with Crippen LogP contribution in [-0.2, 0) is 4.79 Å². The molecule has 0 aromatic rings. The second-order valence-corrected chi connectivity index (χ2v) is 5.82. The van der Waals surface area contributed by atoms with Gasteiger partial charge in [-0.1, -0.05) is 6.42 Å². The third kappa shape index (κ3) is 3.35. The first-order valence-corrected chi connectivity index (χ1v) is 6.58. The number of hydrogen-bond donors (Lipinski definition) is 1. The third-order valence-corrected chi connectivity index (χ3v) is 4.22. The Morgan fingerprint density at radius 3 is 2.59 bits per heavy atom. The van der Waals surface area contributed by atoms with Crippen molar-refractivity contribution >= 4 is 18.3 Å². The van der Waals surface area contributed by atoms with E-state index in [2.05, 4.69) is 12.2 Å². The second-order valence-electron chi connectivity index (χ2n) is 5.82. The summed E-state index contributed by atoms with van der Waals surface area (Å²) in [5.74, 6) is 1.11. The molecule has 1 unspecified atom stereocenters. The molecule has 0 radical (unpaired) electrons. The smallest absolute Gasteiger partial charge is 0.229 e. The molecule has 2 aliphatic rings. The number of hydrogen-bond acceptors (Lipinski definition) is 2. The van der Waals surface area contributed by atoms with Crippen molar-refractivity contribution < 1.29 is 4.79 Å². The summed E-state index contributed by atoms with van der Waals surface area (Å²) < 4.78 is 0. The summed E-state index contributed by atoms with van der Waals surface area (Å²) in [6, 6.07) is 0. The molecule has 0 aromatic carbocycles. The number of carbonyl (C=O) groups is 1. The minimum Gasteiger partial charge on any atom is -0.345 e. The van der Waals surface area contributed by atoms with E-state index in [4.69, 9.17) is 0 Å². The fourth-order valence-electron chi connectivity index (χ4n) is 2.85. The standard InChI is InChI=1S/C13H24N2O.ClH/c1-13(7-4-8-14-10-13)12(16)15(2)9-11-5-3-6-11;/h11,14H,3-10H2,1-2H3;1H. The van der Waals surface area contributed by atoms with Gasteiger partial charge in [0.15, 0.2) is 0 Å². The number of piperidine rings is 1. The molecule has 17 heavy (non-hydrogen) atoms. The van der Waals surface area contributed by atoms with Crippen molar-refractivity contribution in [3.8, 4) is 0 Å². The maximum absolute atomic E-state index is 12.4. The molecule has 1 saturated carbocycles. The van der Waals surface area contributed by atoms with Gasteiger partial charge in [0, 0.05) is 20.1 Å². The summed E-state index contributed by atoms with van der Waals surface area (Å²) in [4.78, 5) is 14.4. The van der Waals surface area contributed by atoms with Crippen molar-refractivity contribution in [2.75, 3.05) is 26.7 Å². The van der Waals surface area contributed by atoms with Crippen LogP contribution in [0.3, 0.4) is 0 Å². The van der Waals surface area contributed by atoms with Gasteiger partial charge in [0.05, 0.1) is 5.41 Å². The first-order chi connectivity index (χ1) is 7.62. The number of amides is 1. The van der Waals surface area contributed by atoms with Gasteiger partial charge in [0.25, 0.3) is 0 Å². The zero-order valence-electron chi connectivity index (χ0n) is 11.0. The summed E-state index contributed by atoms with van der Waals surface area (Å²) in [7, 11) is 1.97. The fourth-order valence-corrected chi connectivity index (χ4v) is 2.85. The topological polar surface area (TPSA) is 32.3 Å². The normalized spacial score (nSPS) is 29.1.